The lowest BCUT2D eigenvalue weighted by Crippen LogP contribution is -2.13. The zero-order valence-electron chi connectivity index (χ0n) is 16.7. The number of rotatable bonds is 5. The van der Waals surface area contributed by atoms with Gasteiger partial charge in [-0.2, -0.15) is 0 Å². The topological polar surface area (TPSA) is 73.3 Å². The Bertz CT molecular complexity index is 1300. The Balaban J connectivity index is 1.93. The van der Waals surface area contributed by atoms with E-state index in [4.69, 9.17) is 9.47 Å². The predicted octanol–water partition coefficient (Wildman–Crippen LogP) is 4.51. The first-order valence-corrected chi connectivity index (χ1v) is 10.5. The van der Waals surface area contributed by atoms with Gasteiger partial charge in [-0.05, 0) is 43.7 Å². The number of aromatic amines is 1. The van der Waals surface area contributed by atoms with Gasteiger partial charge in [-0.3, -0.25) is 0 Å². The highest BCUT2D eigenvalue weighted by atomic mass is 32.2. The van der Waals surface area contributed by atoms with Crippen LogP contribution in [-0.2, 0) is 10.0 Å². The molecule has 0 spiro atoms. The average Bonchev–Trinajstić information content (AvgIpc) is 3.30. The van der Waals surface area contributed by atoms with Gasteiger partial charge in [-0.25, -0.2) is 12.4 Å². The summed E-state index contributed by atoms with van der Waals surface area (Å²) in [5.74, 6) is 1.18. The molecule has 0 bridgehead atoms. The van der Waals surface area contributed by atoms with Crippen LogP contribution in [0.1, 0.15) is 11.1 Å². The standard InChI is InChI=1S/C22H22N2O4S/c1-14-5-7-16(8-6-14)29(25,26)24-13-15(2)9-20(24)18-12-23-19-11-22(28-4)21(27-3)10-17(18)19/h5-13,23H,1-4H3. The molecule has 150 valence electrons. The zero-order chi connectivity index (χ0) is 20.8. The summed E-state index contributed by atoms with van der Waals surface area (Å²) in [5.41, 5.74) is 4.04. The molecular weight excluding hydrogens is 388 g/mol. The minimum Gasteiger partial charge on any atom is -0.493 e. The van der Waals surface area contributed by atoms with Gasteiger partial charge in [0.1, 0.15) is 0 Å². The summed E-state index contributed by atoms with van der Waals surface area (Å²) in [4.78, 5) is 3.45. The molecule has 4 rings (SSSR count). The van der Waals surface area contributed by atoms with Crippen LogP contribution in [0.25, 0.3) is 22.2 Å². The molecule has 0 aliphatic carbocycles. The van der Waals surface area contributed by atoms with Crippen molar-refractivity contribution in [3.8, 4) is 22.8 Å². The predicted molar refractivity (Wildman–Crippen MR) is 113 cm³/mol. The third kappa shape index (κ3) is 3.17. The van der Waals surface area contributed by atoms with Crippen LogP contribution in [0.4, 0.5) is 0 Å². The van der Waals surface area contributed by atoms with Crippen molar-refractivity contribution in [2.24, 2.45) is 0 Å². The van der Waals surface area contributed by atoms with Crippen molar-refractivity contribution in [3.63, 3.8) is 0 Å². The van der Waals surface area contributed by atoms with Gasteiger partial charge in [0.25, 0.3) is 10.0 Å². The molecule has 0 aliphatic heterocycles. The van der Waals surface area contributed by atoms with Crippen LogP contribution in [0.15, 0.2) is 59.8 Å². The highest BCUT2D eigenvalue weighted by Gasteiger charge is 2.23. The maximum Gasteiger partial charge on any atom is 0.268 e. The summed E-state index contributed by atoms with van der Waals surface area (Å²) in [7, 11) is -0.588. The highest BCUT2D eigenvalue weighted by molar-refractivity contribution is 7.90. The maximum absolute atomic E-state index is 13.3. The number of nitrogens with one attached hydrogen (secondary N) is 1. The van der Waals surface area contributed by atoms with Crippen LogP contribution >= 0.6 is 0 Å². The van der Waals surface area contributed by atoms with Gasteiger partial charge in [0.2, 0.25) is 0 Å². The Kier molecular flexibility index (Phi) is 4.62. The van der Waals surface area contributed by atoms with Crippen molar-refractivity contribution in [2.45, 2.75) is 18.7 Å². The van der Waals surface area contributed by atoms with Crippen molar-refractivity contribution in [1.82, 2.24) is 8.96 Å². The number of methoxy groups -OCH3 is 2. The largest absolute Gasteiger partial charge is 0.493 e. The summed E-state index contributed by atoms with van der Waals surface area (Å²) < 4.78 is 38.8. The zero-order valence-corrected chi connectivity index (χ0v) is 17.5. The molecule has 2 aromatic carbocycles. The molecule has 0 saturated heterocycles. The Morgan fingerprint density at radius 2 is 1.55 bits per heavy atom. The summed E-state index contributed by atoms with van der Waals surface area (Å²) in [6, 6.07) is 12.4. The van der Waals surface area contributed by atoms with E-state index in [-0.39, 0.29) is 4.90 Å². The first kappa shape index (κ1) is 19.1. The molecule has 2 heterocycles. The summed E-state index contributed by atoms with van der Waals surface area (Å²) >= 11 is 0. The van der Waals surface area contributed by atoms with Crippen LogP contribution in [0.3, 0.4) is 0 Å². The second-order valence-electron chi connectivity index (χ2n) is 6.97. The molecule has 0 saturated carbocycles. The van der Waals surface area contributed by atoms with Crippen LogP contribution in [-0.4, -0.2) is 31.6 Å². The van der Waals surface area contributed by atoms with Gasteiger partial charge < -0.3 is 14.5 Å². The van der Waals surface area contributed by atoms with Crippen LogP contribution in [0.2, 0.25) is 0 Å². The number of benzene rings is 2. The van der Waals surface area contributed by atoms with E-state index in [0.717, 1.165) is 27.6 Å². The van der Waals surface area contributed by atoms with Crippen molar-refractivity contribution in [1.29, 1.82) is 0 Å². The fourth-order valence-corrected chi connectivity index (χ4v) is 4.87. The monoisotopic (exact) mass is 410 g/mol. The third-order valence-electron chi connectivity index (χ3n) is 4.96. The lowest BCUT2D eigenvalue weighted by molar-refractivity contribution is 0.356. The fourth-order valence-electron chi connectivity index (χ4n) is 3.45. The summed E-state index contributed by atoms with van der Waals surface area (Å²) in [5, 5.41) is 0.848. The first-order chi connectivity index (χ1) is 13.8. The number of ether oxygens (including phenoxy) is 2. The Morgan fingerprint density at radius 3 is 2.21 bits per heavy atom. The lowest BCUT2D eigenvalue weighted by atomic mass is 10.1. The minimum atomic E-state index is -3.74. The average molecular weight is 410 g/mol. The molecule has 29 heavy (non-hydrogen) atoms. The van der Waals surface area contributed by atoms with E-state index in [1.54, 1.807) is 50.9 Å². The lowest BCUT2D eigenvalue weighted by Gasteiger charge is -2.11. The van der Waals surface area contributed by atoms with E-state index in [0.29, 0.717) is 17.2 Å². The molecule has 7 heteroatoms. The van der Waals surface area contributed by atoms with Crippen molar-refractivity contribution >= 4 is 20.9 Å². The van der Waals surface area contributed by atoms with Crippen molar-refractivity contribution in [3.05, 3.63) is 66.0 Å². The van der Waals surface area contributed by atoms with Crippen molar-refractivity contribution < 1.29 is 17.9 Å². The molecule has 0 fully saturated rings. The second kappa shape index (κ2) is 7.00. The molecule has 4 aromatic rings. The third-order valence-corrected chi connectivity index (χ3v) is 6.65. The van der Waals surface area contributed by atoms with E-state index in [1.807, 2.05) is 32.0 Å². The number of nitrogens with zero attached hydrogens (tertiary/aromatic N) is 1. The molecule has 0 atom stereocenters. The van der Waals surface area contributed by atoms with Gasteiger partial charge in [-0.1, -0.05) is 17.7 Å². The smallest absolute Gasteiger partial charge is 0.268 e. The molecule has 2 aromatic heterocycles. The van der Waals surface area contributed by atoms with Crippen molar-refractivity contribution in [2.75, 3.05) is 14.2 Å². The maximum atomic E-state index is 13.3. The molecule has 0 amide bonds. The van der Waals surface area contributed by atoms with Crippen LogP contribution in [0.5, 0.6) is 11.5 Å². The van der Waals surface area contributed by atoms with E-state index in [1.165, 1.54) is 3.97 Å². The quantitative estimate of drug-likeness (QED) is 0.525. The highest BCUT2D eigenvalue weighted by Crippen LogP contribution is 2.38. The number of aryl methyl sites for hydroxylation is 2. The number of aromatic nitrogens is 2. The van der Waals surface area contributed by atoms with Crippen LogP contribution < -0.4 is 9.47 Å². The van der Waals surface area contributed by atoms with Gasteiger partial charge in [0.05, 0.1) is 30.3 Å². The molecule has 0 aliphatic rings. The van der Waals surface area contributed by atoms with Gasteiger partial charge in [0, 0.05) is 29.4 Å². The van der Waals surface area contributed by atoms with E-state index < -0.39 is 10.0 Å². The van der Waals surface area contributed by atoms with Gasteiger partial charge in [0.15, 0.2) is 11.5 Å². The first-order valence-electron chi connectivity index (χ1n) is 9.10. The fraction of sp³-hybridized carbons (Fsp3) is 0.182. The molecular formula is C22H22N2O4S. The molecule has 0 radical (unpaired) electrons. The number of fused-ring (bicyclic) bond motifs is 1. The molecule has 0 unspecified atom stereocenters. The SMILES string of the molecule is COc1cc2[nH]cc(-c3cc(C)cn3S(=O)(=O)c3ccc(C)cc3)c2cc1OC. The number of hydrogen-bond donors (Lipinski definition) is 1. The minimum absolute atomic E-state index is 0.249. The molecule has 6 nitrogen and oxygen atoms in total. The van der Waals surface area contributed by atoms with E-state index in [2.05, 4.69) is 4.98 Å². The van der Waals surface area contributed by atoms with E-state index >= 15 is 0 Å². The summed E-state index contributed by atoms with van der Waals surface area (Å²) in [6.45, 7) is 3.80. The normalized spacial score (nSPS) is 11.7. The Labute approximate surface area is 169 Å². The number of H-pyrrole nitrogens is 1. The van der Waals surface area contributed by atoms with E-state index in [9.17, 15) is 8.42 Å². The van der Waals surface area contributed by atoms with Gasteiger partial charge >= 0.3 is 0 Å². The summed E-state index contributed by atoms with van der Waals surface area (Å²) in [6.07, 6.45) is 3.45. The Hall–Kier alpha value is -3.19. The second-order valence-corrected chi connectivity index (χ2v) is 8.79. The molecule has 1 N–H and O–H groups in total. The number of hydrogen-bond acceptors (Lipinski definition) is 4. The van der Waals surface area contributed by atoms with Crippen LogP contribution in [0, 0.1) is 13.8 Å². The Morgan fingerprint density at radius 1 is 0.897 bits per heavy atom. The van der Waals surface area contributed by atoms with Gasteiger partial charge in [-0.15, -0.1) is 0 Å².